The second-order valence-corrected chi connectivity index (χ2v) is 7.88. The van der Waals surface area contributed by atoms with Gasteiger partial charge in [0.05, 0.1) is 19.3 Å². The number of amides is 2. The fourth-order valence-corrected chi connectivity index (χ4v) is 3.51. The zero-order chi connectivity index (χ0) is 24.3. The average molecular weight is 495 g/mol. The maximum absolute atomic E-state index is 12.9. The minimum atomic E-state index is -4.74. The monoisotopic (exact) mass is 494 g/mol. The molecule has 1 aromatic heterocycles. The van der Waals surface area contributed by atoms with Crippen LogP contribution in [0.3, 0.4) is 0 Å². The normalized spacial score (nSPS) is 16.4. The van der Waals surface area contributed by atoms with Crippen molar-refractivity contribution in [3.8, 4) is 11.4 Å². The first-order valence-corrected chi connectivity index (χ1v) is 10.5. The van der Waals surface area contributed by atoms with Crippen LogP contribution in [0.2, 0.25) is 5.02 Å². The van der Waals surface area contributed by atoms with Crippen LogP contribution in [0.5, 0.6) is 0 Å². The lowest BCUT2D eigenvalue weighted by atomic mass is 10.1. The van der Waals surface area contributed by atoms with Crippen LogP contribution in [0.25, 0.3) is 11.4 Å². The van der Waals surface area contributed by atoms with E-state index < -0.39 is 18.0 Å². The number of hydrogen-bond donors (Lipinski definition) is 1. The van der Waals surface area contributed by atoms with E-state index in [-0.39, 0.29) is 42.1 Å². The first-order valence-electron chi connectivity index (χ1n) is 10.2. The van der Waals surface area contributed by atoms with Crippen LogP contribution in [0.15, 0.2) is 53.1 Å². The highest BCUT2D eigenvalue weighted by atomic mass is 35.5. The molecular weight excluding hydrogens is 477 g/mol. The van der Waals surface area contributed by atoms with Crippen LogP contribution in [0.1, 0.15) is 26.6 Å². The van der Waals surface area contributed by atoms with Gasteiger partial charge in [0.1, 0.15) is 0 Å². The third-order valence-electron chi connectivity index (χ3n) is 5.15. The summed E-state index contributed by atoms with van der Waals surface area (Å²) in [6.45, 7) is 1.18. The number of morpholine rings is 1. The second-order valence-electron chi connectivity index (χ2n) is 7.44. The molecule has 1 atom stereocenters. The van der Waals surface area contributed by atoms with E-state index in [2.05, 4.69) is 20.0 Å². The van der Waals surface area contributed by atoms with E-state index in [4.69, 9.17) is 16.3 Å². The van der Waals surface area contributed by atoms with Crippen molar-refractivity contribution in [2.75, 3.05) is 26.3 Å². The molecule has 1 aliphatic heterocycles. The summed E-state index contributed by atoms with van der Waals surface area (Å²) in [5, 5.41) is 6.60. The van der Waals surface area contributed by atoms with Gasteiger partial charge < -0.3 is 19.5 Å². The molecule has 1 N–H and O–H groups in total. The third-order valence-corrected chi connectivity index (χ3v) is 5.40. The fourth-order valence-electron chi connectivity index (χ4n) is 3.39. The molecule has 1 unspecified atom stereocenters. The van der Waals surface area contributed by atoms with Gasteiger partial charge in [0, 0.05) is 34.8 Å². The Bertz CT molecular complexity index is 1170. The molecule has 0 aliphatic carbocycles. The van der Waals surface area contributed by atoms with Crippen molar-refractivity contribution < 1.29 is 32.0 Å². The van der Waals surface area contributed by atoms with E-state index in [1.165, 1.54) is 24.3 Å². The molecule has 3 aromatic rings. The summed E-state index contributed by atoms with van der Waals surface area (Å²) in [6.07, 6.45) is -4.74. The van der Waals surface area contributed by atoms with Crippen molar-refractivity contribution in [3.05, 3.63) is 70.6 Å². The molecule has 8 nitrogen and oxygen atoms in total. The predicted molar refractivity (Wildman–Crippen MR) is 114 cm³/mol. The van der Waals surface area contributed by atoms with Crippen molar-refractivity contribution in [2.24, 2.45) is 0 Å². The predicted octanol–water partition coefficient (Wildman–Crippen LogP) is 3.68. The van der Waals surface area contributed by atoms with Crippen LogP contribution in [-0.4, -0.2) is 59.2 Å². The number of hydrogen-bond acceptors (Lipinski definition) is 6. The summed E-state index contributed by atoms with van der Waals surface area (Å²) in [5.41, 5.74) is 1.01. The van der Waals surface area contributed by atoms with Gasteiger partial charge >= 0.3 is 12.1 Å². The summed E-state index contributed by atoms with van der Waals surface area (Å²) < 4.78 is 47.6. The zero-order valence-electron chi connectivity index (χ0n) is 17.5. The number of halogens is 4. The highest BCUT2D eigenvalue weighted by Crippen LogP contribution is 2.29. The van der Waals surface area contributed by atoms with E-state index in [0.717, 1.165) is 0 Å². The van der Waals surface area contributed by atoms with E-state index in [1.807, 2.05) is 0 Å². The molecule has 2 aromatic carbocycles. The first kappa shape index (κ1) is 23.7. The van der Waals surface area contributed by atoms with Crippen LogP contribution >= 0.6 is 11.6 Å². The number of benzene rings is 2. The number of aromatic nitrogens is 2. The molecule has 178 valence electrons. The smallest absolute Gasteiger partial charge is 0.377 e. The second kappa shape index (κ2) is 9.82. The van der Waals surface area contributed by atoms with E-state index in [1.54, 1.807) is 29.2 Å². The molecular formula is C22H18ClF3N4O4. The average Bonchev–Trinajstić information content (AvgIpc) is 3.34. The number of nitrogens with one attached hydrogen (secondary N) is 1. The van der Waals surface area contributed by atoms with Crippen molar-refractivity contribution >= 4 is 23.4 Å². The Hall–Kier alpha value is -3.44. The maximum Gasteiger partial charge on any atom is 0.471 e. The molecule has 1 saturated heterocycles. The molecule has 0 bridgehead atoms. The van der Waals surface area contributed by atoms with Gasteiger partial charge in [-0.2, -0.15) is 18.2 Å². The standard InChI is InChI=1S/C22H18ClF3N4O4/c23-16-7-5-15(6-8-16)20(32)30-9-10-33-12-17(30)11-27-19(31)14-3-1-13(2-4-14)18-28-21(34-29-18)22(24,25)26/h1-8,17H,9-12H2,(H,27,31). The van der Waals surface area contributed by atoms with Gasteiger partial charge in [0.15, 0.2) is 0 Å². The minimum absolute atomic E-state index is 0.152. The Morgan fingerprint density at radius 1 is 1.09 bits per heavy atom. The lowest BCUT2D eigenvalue weighted by Crippen LogP contribution is -2.53. The quantitative estimate of drug-likeness (QED) is 0.581. The molecule has 1 aliphatic rings. The number of nitrogens with zero attached hydrogens (tertiary/aromatic N) is 3. The first-order chi connectivity index (χ1) is 16.2. The van der Waals surface area contributed by atoms with Crippen molar-refractivity contribution in [3.63, 3.8) is 0 Å². The Kier molecular flexibility index (Phi) is 6.85. The Labute approximate surface area is 196 Å². The number of alkyl halides is 3. The fraction of sp³-hybridized carbons (Fsp3) is 0.273. The minimum Gasteiger partial charge on any atom is -0.377 e. The van der Waals surface area contributed by atoms with Crippen molar-refractivity contribution in [1.82, 2.24) is 20.4 Å². The Morgan fingerprint density at radius 2 is 1.76 bits per heavy atom. The number of carbonyl (C=O) groups is 2. The molecule has 4 rings (SSSR count). The molecule has 1 fully saturated rings. The molecule has 12 heteroatoms. The summed E-state index contributed by atoms with van der Waals surface area (Å²) in [5.74, 6) is -2.30. The van der Waals surface area contributed by atoms with Gasteiger partial charge in [-0.25, -0.2) is 0 Å². The van der Waals surface area contributed by atoms with E-state index in [0.29, 0.717) is 23.7 Å². The van der Waals surface area contributed by atoms with Gasteiger partial charge in [-0.05, 0) is 36.4 Å². The molecule has 0 spiro atoms. The summed E-state index contributed by atoms with van der Waals surface area (Å²) >= 11 is 5.89. The number of rotatable bonds is 5. The highest BCUT2D eigenvalue weighted by Gasteiger charge is 2.38. The SMILES string of the molecule is O=C(NCC1COCCN1C(=O)c1ccc(Cl)cc1)c1ccc(-c2noc(C(F)(F)F)n2)cc1. The van der Waals surface area contributed by atoms with Crippen LogP contribution in [0.4, 0.5) is 13.2 Å². The van der Waals surface area contributed by atoms with Crippen molar-refractivity contribution in [2.45, 2.75) is 12.2 Å². The Morgan fingerprint density at radius 3 is 2.41 bits per heavy atom. The lowest BCUT2D eigenvalue weighted by Gasteiger charge is -2.35. The molecule has 0 saturated carbocycles. The van der Waals surface area contributed by atoms with Crippen molar-refractivity contribution in [1.29, 1.82) is 0 Å². The third kappa shape index (κ3) is 5.37. The summed E-state index contributed by atoms with van der Waals surface area (Å²) in [4.78, 5) is 30.4. The van der Waals surface area contributed by atoms with Gasteiger partial charge in [-0.15, -0.1) is 0 Å². The molecule has 0 radical (unpaired) electrons. The maximum atomic E-state index is 12.9. The number of carbonyl (C=O) groups excluding carboxylic acids is 2. The number of ether oxygens (including phenoxy) is 1. The van der Waals surface area contributed by atoms with Gasteiger partial charge in [-0.1, -0.05) is 28.9 Å². The van der Waals surface area contributed by atoms with Crippen LogP contribution in [0, 0.1) is 0 Å². The summed E-state index contributed by atoms with van der Waals surface area (Å²) in [6, 6.07) is 11.9. The zero-order valence-corrected chi connectivity index (χ0v) is 18.3. The molecule has 2 amide bonds. The lowest BCUT2D eigenvalue weighted by molar-refractivity contribution is -0.159. The van der Waals surface area contributed by atoms with E-state index >= 15 is 0 Å². The Balaban J connectivity index is 1.38. The van der Waals surface area contributed by atoms with Crippen LogP contribution in [-0.2, 0) is 10.9 Å². The summed E-state index contributed by atoms with van der Waals surface area (Å²) in [7, 11) is 0. The van der Waals surface area contributed by atoms with Gasteiger partial charge in [0.2, 0.25) is 5.82 Å². The largest absolute Gasteiger partial charge is 0.471 e. The highest BCUT2D eigenvalue weighted by molar-refractivity contribution is 6.30. The van der Waals surface area contributed by atoms with E-state index in [9.17, 15) is 22.8 Å². The van der Waals surface area contributed by atoms with Crippen LogP contribution < -0.4 is 5.32 Å². The molecule has 34 heavy (non-hydrogen) atoms. The molecule has 2 heterocycles. The van der Waals surface area contributed by atoms with Gasteiger partial charge in [-0.3, -0.25) is 9.59 Å². The topological polar surface area (TPSA) is 97.6 Å². The van der Waals surface area contributed by atoms with Gasteiger partial charge in [0.25, 0.3) is 11.8 Å².